The average Bonchev–Trinajstić information content (AvgIpc) is 2.69. The van der Waals surface area contributed by atoms with Gasteiger partial charge in [-0.05, 0) is 0 Å². The van der Waals surface area contributed by atoms with E-state index in [-0.39, 0.29) is 51.7 Å². The molecule has 0 heterocycles. The number of benzene rings is 3. The Morgan fingerprint density at radius 2 is 0.710 bits per heavy atom. The molecule has 3 aromatic rings. The van der Waals surface area contributed by atoms with Crippen LogP contribution in [0.2, 0.25) is 0 Å². The van der Waals surface area contributed by atoms with Crippen LogP contribution in [0, 0.1) is 30.3 Å². The molecule has 0 spiro atoms. The van der Waals surface area contributed by atoms with Gasteiger partial charge in [-0.3, -0.25) is 30.3 Å². The van der Waals surface area contributed by atoms with E-state index in [0.717, 1.165) is 18.2 Å². The minimum atomic E-state index is -0.596. The molecule has 0 aromatic heterocycles. The first-order valence-corrected chi connectivity index (χ1v) is 7.84. The maximum Gasteiger partial charge on any atom is 3.00 e. The maximum atomic E-state index is 10.5. The second kappa shape index (κ2) is 13.1. The van der Waals surface area contributed by atoms with Gasteiger partial charge >= 0.3 is 17.4 Å². The molecule has 0 fully saturated rings. The minimum absolute atomic E-state index is 0. The SMILES string of the molecule is O=[N+]([O-])c1cccc([O-])c1.O=[N+]([O-])c1cccc([O-])c1.O=[N+]([O-])c1cccc([O-])c1.[Al+3]. The van der Waals surface area contributed by atoms with Crippen LogP contribution in [-0.4, -0.2) is 32.1 Å². The molecule has 0 saturated heterocycles. The van der Waals surface area contributed by atoms with Crippen molar-refractivity contribution in [2.75, 3.05) is 0 Å². The van der Waals surface area contributed by atoms with Crippen molar-refractivity contribution in [3.63, 3.8) is 0 Å². The van der Waals surface area contributed by atoms with Crippen molar-refractivity contribution in [2.45, 2.75) is 0 Å². The second-order valence-corrected chi connectivity index (χ2v) is 5.26. The van der Waals surface area contributed by atoms with Crippen LogP contribution in [0.1, 0.15) is 0 Å². The number of nitro benzene ring substituents is 3. The topological polar surface area (TPSA) is 199 Å². The average molecular weight is 441 g/mol. The van der Waals surface area contributed by atoms with Crippen molar-refractivity contribution in [1.29, 1.82) is 0 Å². The van der Waals surface area contributed by atoms with Gasteiger partial charge in [0, 0.05) is 36.4 Å². The largest absolute Gasteiger partial charge is 3.00 e. The summed E-state index contributed by atoms with van der Waals surface area (Å²) in [5.74, 6) is -1.02. The summed E-state index contributed by atoms with van der Waals surface area (Å²) in [6.45, 7) is 0. The Morgan fingerprint density at radius 1 is 0.484 bits per heavy atom. The van der Waals surface area contributed by atoms with Crippen LogP contribution in [0.3, 0.4) is 0 Å². The van der Waals surface area contributed by atoms with Crippen molar-refractivity contribution >= 4 is 34.4 Å². The summed E-state index contributed by atoms with van der Waals surface area (Å²) in [5, 5.41) is 61.5. The molecule has 13 heteroatoms. The van der Waals surface area contributed by atoms with Crippen molar-refractivity contribution in [3.05, 3.63) is 103 Å². The van der Waals surface area contributed by atoms with Gasteiger partial charge in [-0.2, -0.15) is 0 Å². The fraction of sp³-hybridized carbons (Fsp3) is 0. The zero-order valence-electron chi connectivity index (χ0n) is 15.5. The van der Waals surface area contributed by atoms with Gasteiger partial charge in [-0.25, -0.2) is 0 Å². The summed E-state index contributed by atoms with van der Waals surface area (Å²) in [6.07, 6.45) is 0. The molecule has 0 aliphatic heterocycles. The summed E-state index contributed by atoms with van der Waals surface area (Å²) in [4.78, 5) is 28.3. The molecule has 0 atom stereocenters. The molecular formula is C18H12AlN3O9. The van der Waals surface area contributed by atoms with E-state index >= 15 is 0 Å². The van der Waals surface area contributed by atoms with Gasteiger partial charge in [0.05, 0.1) is 14.8 Å². The van der Waals surface area contributed by atoms with Crippen molar-refractivity contribution in [2.24, 2.45) is 0 Å². The van der Waals surface area contributed by atoms with E-state index in [1.165, 1.54) is 54.6 Å². The third-order valence-electron chi connectivity index (χ3n) is 3.09. The van der Waals surface area contributed by atoms with Crippen LogP contribution in [-0.2, 0) is 0 Å². The van der Waals surface area contributed by atoms with Crippen LogP contribution in [0.25, 0.3) is 0 Å². The third-order valence-corrected chi connectivity index (χ3v) is 3.09. The van der Waals surface area contributed by atoms with Gasteiger partial charge in [-0.1, -0.05) is 36.4 Å². The first-order valence-electron chi connectivity index (χ1n) is 7.84. The van der Waals surface area contributed by atoms with Crippen molar-refractivity contribution in [3.8, 4) is 17.2 Å². The number of hydrogen-bond donors (Lipinski definition) is 0. The van der Waals surface area contributed by atoms with E-state index < -0.39 is 14.8 Å². The molecule has 31 heavy (non-hydrogen) atoms. The smallest absolute Gasteiger partial charge is 0.872 e. The predicted molar refractivity (Wildman–Crippen MR) is 103 cm³/mol. The first kappa shape index (κ1) is 26.8. The summed E-state index contributed by atoms with van der Waals surface area (Å²) in [6, 6.07) is 14.7. The fourth-order valence-electron chi connectivity index (χ4n) is 1.79. The molecule has 12 nitrogen and oxygen atoms in total. The molecular weight excluding hydrogens is 429 g/mol. The molecule has 0 bridgehead atoms. The van der Waals surface area contributed by atoms with Gasteiger partial charge < -0.3 is 15.3 Å². The van der Waals surface area contributed by atoms with E-state index in [4.69, 9.17) is 0 Å². The molecule has 0 unspecified atom stereocenters. The summed E-state index contributed by atoms with van der Waals surface area (Å²) < 4.78 is 0. The third kappa shape index (κ3) is 10.2. The van der Waals surface area contributed by atoms with Crippen molar-refractivity contribution in [1.82, 2.24) is 0 Å². The quantitative estimate of drug-likeness (QED) is 0.329. The molecule has 3 aromatic carbocycles. The molecule has 0 radical (unpaired) electrons. The zero-order valence-corrected chi connectivity index (χ0v) is 16.7. The minimum Gasteiger partial charge on any atom is -0.872 e. The fourth-order valence-corrected chi connectivity index (χ4v) is 1.79. The first-order chi connectivity index (χ1) is 14.1. The Labute approximate surface area is 185 Å². The number of nitrogens with zero attached hydrogens (tertiary/aromatic N) is 3. The van der Waals surface area contributed by atoms with E-state index in [1.807, 2.05) is 0 Å². The van der Waals surface area contributed by atoms with Crippen LogP contribution in [0.4, 0.5) is 17.1 Å². The molecule has 0 aliphatic carbocycles. The summed E-state index contributed by atoms with van der Waals surface area (Å²) in [7, 11) is 0. The normalized spacial score (nSPS) is 8.90. The van der Waals surface area contributed by atoms with Crippen molar-refractivity contribution < 1.29 is 30.1 Å². The molecule has 0 N–H and O–H groups in total. The van der Waals surface area contributed by atoms with E-state index in [1.54, 1.807) is 0 Å². The Kier molecular flexibility index (Phi) is 11.3. The Hall–Kier alpha value is -4.21. The van der Waals surface area contributed by atoms with Gasteiger partial charge in [0.1, 0.15) is 0 Å². The van der Waals surface area contributed by atoms with E-state index in [9.17, 15) is 45.7 Å². The van der Waals surface area contributed by atoms with Gasteiger partial charge in [0.2, 0.25) is 0 Å². The summed E-state index contributed by atoms with van der Waals surface area (Å²) in [5.41, 5.74) is -0.479. The van der Waals surface area contributed by atoms with Crippen LogP contribution in [0.5, 0.6) is 17.2 Å². The van der Waals surface area contributed by atoms with E-state index in [0.29, 0.717) is 0 Å². The molecule has 3 rings (SSSR count). The maximum absolute atomic E-state index is 10.5. The van der Waals surface area contributed by atoms with Gasteiger partial charge in [0.25, 0.3) is 17.1 Å². The number of rotatable bonds is 3. The Balaban J connectivity index is 0.000000429. The standard InChI is InChI=1S/3C6H5NO3.Al/c3*8-6-3-1-2-5(4-6)7(9)10;/h3*1-4,8H;/q;;;+3/p-3. The number of nitro groups is 3. The van der Waals surface area contributed by atoms with Crippen LogP contribution < -0.4 is 15.3 Å². The molecule has 156 valence electrons. The predicted octanol–water partition coefficient (Wildman–Crippen LogP) is 1.62. The number of hydrogen-bond acceptors (Lipinski definition) is 9. The monoisotopic (exact) mass is 441 g/mol. The van der Waals surface area contributed by atoms with Crippen LogP contribution >= 0.6 is 0 Å². The Bertz CT molecular complexity index is 915. The zero-order chi connectivity index (χ0) is 22.7. The number of non-ortho nitro benzene ring substituents is 3. The van der Waals surface area contributed by atoms with Crippen LogP contribution in [0.15, 0.2) is 72.8 Å². The molecule has 0 saturated carbocycles. The van der Waals surface area contributed by atoms with Gasteiger partial charge in [0.15, 0.2) is 0 Å². The summed E-state index contributed by atoms with van der Waals surface area (Å²) >= 11 is 0. The molecule has 0 amide bonds. The Morgan fingerprint density at radius 3 is 0.839 bits per heavy atom. The van der Waals surface area contributed by atoms with E-state index in [2.05, 4.69) is 0 Å². The second-order valence-electron chi connectivity index (χ2n) is 5.26. The molecule has 0 aliphatic rings. The van der Waals surface area contributed by atoms with Gasteiger partial charge in [-0.15, -0.1) is 17.2 Å².